The van der Waals surface area contributed by atoms with Crippen LogP contribution in [0.4, 0.5) is 11.6 Å². The summed E-state index contributed by atoms with van der Waals surface area (Å²) in [6.07, 6.45) is 1.93. The summed E-state index contributed by atoms with van der Waals surface area (Å²) < 4.78 is 0. The molecule has 96 valence electrons. The minimum atomic E-state index is 0.570. The van der Waals surface area contributed by atoms with Crippen LogP contribution in [0, 0.1) is 5.92 Å². The Bertz CT molecular complexity index is 349. The predicted octanol–water partition coefficient (Wildman–Crippen LogP) is 2.49. The van der Waals surface area contributed by atoms with E-state index in [-0.39, 0.29) is 0 Å². The summed E-state index contributed by atoms with van der Waals surface area (Å²) >= 11 is 0. The van der Waals surface area contributed by atoms with Crippen molar-refractivity contribution < 1.29 is 0 Å². The second kappa shape index (κ2) is 6.42. The van der Waals surface area contributed by atoms with Gasteiger partial charge < -0.3 is 10.6 Å². The number of nitrogen functional groups attached to an aromatic ring is 1. The van der Waals surface area contributed by atoms with E-state index in [2.05, 4.69) is 42.6 Å². The van der Waals surface area contributed by atoms with Crippen molar-refractivity contribution >= 4 is 11.6 Å². The van der Waals surface area contributed by atoms with Gasteiger partial charge in [-0.05, 0) is 19.3 Å². The van der Waals surface area contributed by atoms with E-state index in [1.807, 2.05) is 6.07 Å². The molecule has 0 amide bonds. The highest BCUT2D eigenvalue weighted by Crippen LogP contribution is 2.16. The molecule has 4 nitrogen and oxygen atoms in total. The van der Waals surface area contributed by atoms with Gasteiger partial charge in [-0.2, -0.15) is 0 Å². The fourth-order valence-electron chi connectivity index (χ4n) is 1.83. The average molecular weight is 236 g/mol. The SMILES string of the molecule is CCCc1nc(N)cc(N(CC)CC(C)C)n1. The maximum atomic E-state index is 5.84. The monoisotopic (exact) mass is 236 g/mol. The Balaban J connectivity index is 2.93. The van der Waals surface area contributed by atoms with Crippen molar-refractivity contribution in [2.45, 2.75) is 40.5 Å². The molecule has 0 aliphatic rings. The molecular weight excluding hydrogens is 212 g/mol. The van der Waals surface area contributed by atoms with E-state index in [1.54, 1.807) is 0 Å². The minimum absolute atomic E-state index is 0.570. The van der Waals surface area contributed by atoms with Crippen LogP contribution in [-0.4, -0.2) is 23.1 Å². The largest absolute Gasteiger partial charge is 0.384 e. The normalized spacial score (nSPS) is 10.9. The van der Waals surface area contributed by atoms with Gasteiger partial charge in [0.25, 0.3) is 0 Å². The Labute approximate surface area is 104 Å². The fourth-order valence-corrected chi connectivity index (χ4v) is 1.83. The van der Waals surface area contributed by atoms with Crippen LogP contribution in [0.2, 0.25) is 0 Å². The lowest BCUT2D eigenvalue weighted by Gasteiger charge is -2.24. The Morgan fingerprint density at radius 1 is 1.29 bits per heavy atom. The topological polar surface area (TPSA) is 55.0 Å². The Morgan fingerprint density at radius 2 is 2.00 bits per heavy atom. The van der Waals surface area contributed by atoms with Gasteiger partial charge in [-0.15, -0.1) is 0 Å². The molecule has 0 unspecified atom stereocenters. The van der Waals surface area contributed by atoms with Gasteiger partial charge in [0.15, 0.2) is 0 Å². The highest BCUT2D eigenvalue weighted by molar-refractivity contribution is 5.47. The molecule has 0 fully saturated rings. The van der Waals surface area contributed by atoms with E-state index in [0.29, 0.717) is 11.7 Å². The quantitative estimate of drug-likeness (QED) is 0.824. The van der Waals surface area contributed by atoms with Crippen molar-refractivity contribution in [1.82, 2.24) is 9.97 Å². The zero-order valence-corrected chi connectivity index (χ0v) is 11.4. The van der Waals surface area contributed by atoms with Gasteiger partial charge in [0.1, 0.15) is 17.5 Å². The lowest BCUT2D eigenvalue weighted by molar-refractivity contribution is 0.612. The molecule has 0 saturated carbocycles. The standard InChI is InChI=1S/C13H24N4/c1-5-7-12-15-11(14)8-13(16-12)17(6-2)9-10(3)4/h8,10H,5-7,9H2,1-4H3,(H2,14,15,16). The molecule has 0 aliphatic heterocycles. The highest BCUT2D eigenvalue weighted by atomic mass is 15.2. The Morgan fingerprint density at radius 3 is 2.53 bits per heavy atom. The first-order valence-corrected chi connectivity index (χ1v) is 6.45. The number of rotatable bonds is 6. The van der Waals surface area contributed by atoms with Crippen LogP contribution < -0.4 is 10.6 Å². The van der Waals surface area contributed by atoms with Crippen LogP contribution in [0.1, 0.15) is 39.9 Å². The first kappa shape index (κ1) is 13.7. The van der Waals surface area contributed by atoms with E-state index in [1.165, 1.54) is 0 Å². The van der Waals surface area contributed by atoms with Crippen molar-refractivity contribution in [3.63, 3.8) is 0 Å². The molecule has 2 N–H and O–H groups in total. The summed E-state index contributed by atoms with van der Waals surface area (Å²) in [5.74, 6) is 2.99. The molecule has 1 heterocycles. The molecule has 17 heavy (non-hydrogen) atoms. The van der Waals surface area contributed by atoms with Crippen molar-refractivity contribution in [3.05, 3.63) is 11.9 Å². The maximum Gasteiger partial charge on any atom is 0.134 e. The first-order chi connectivity index (χ1) is 8.06. The van der Waals surface area contributed by atoms with Crippen LogP contribution >= 0.6 is 0 Å². The van der Waals surface area contributed by atoms with Gasteiger partial charge in [0, 0.05) is 25.6 Å². The van der Waals surface area contributed by atoms with E-state index in [9.17, 15) is 0 Å². The number of aromatic nitrogens is 2. The second-order valence-corrected chi connectivity index (χ2v) is 4.75. The molecule has 1 aromatic heterocycles. The predicted molar refractivity (Wildman–Crippen MR) is 73.2 cm³/mol. The number of aryl methyl sites for hydroxylation is 1. The third-order valence-electron chi connectivity index (χ3n) is 2.54. The summed E-state index contributed by atoms with van der Waals surface area (Å²) in [6, 6.07) is 1.87. The van der Waals surface area contributed by atoms with Gasteiger partial charge in [-0.3, -0.25) is 0 Å². The molecule has 0 spiro atoms. The Hall–Kier alpha value is -1.32. The molecule has 1 aromatic rings. The summed E-state index contributed by atoms with van der Waals surface area (Å²) in [7, 11) is 0. The molecule has 0 aromatic carbocycles. The number of hydrogen-bond acceptors (Lipinski definition) is 4. The lowest BCUT2D eigenvalue weighted by atomic mass is 10.2. The van der Waals surface area contributed by atoms with Crippen LogP contribution in [0.15, 0.2) is 6.07 Å². The number of nitrogens with two attached hydrogens (primary N) is 1. The number of hydrogen-bond donors (Lipinski definition) is 1. The third kappa shape index (κ3) is 4.21. The fraction of sp³-hybridized carbons (Fsp3) is 0.692. The molecule has 4 heteroatoms. The minimum Gasteiger partial charge on any atom is -0.384 e. The van der Waals surface area contributed by atoms with Gasteiger partial charge >= 0.3 is 0 Å². The molecule has 1 rings (SSSR count). The molecule has 0 saturated heterocycles. The van der Waals surface area contributed by atoms with E-state index < -0.39 is 0 Å². The van der Waals surface area contributed by atoms with Crippen LogP contribution in [-0.2, 0) is 6.42 Å². The maximum absolute atomic E-state index is 5.84. The number of anilines is 2. The molecular formula is C13H24N4. The van der Waals surface area contributed by atoms with Crippen LogP contribution in [0.5, 0.6) is 0 Å². The van der Waals surface area contributed by atoms with Crippen LogP contribution in [0.25, 0.3) is 0 Å². The van der Waals surface area contributed by atoms with Crippen molar-refractivity contribution in [2.75, 3.05) is 23.7 Å². The van der Waals surface area contributed by atoms with E-state index in [0.717, 1.165) is 37.6 Å². The van der Waals surface area contributed by atoms with Gasteiger partial charge in [0.2, 0.25) is 0 Å². The average Bonchev–Trinajstić information content (AvgIpc) is 2.25. The summed E-state index contributed by atoms with van der Waals surface area (Å²) in [5, 5.41) is 0. The molecule has 0 atom stereocenters. The first-order valence-electron chi connectivity index (χ1n) is 6.45. The number of nitrogens with zero attached hydrogens (tertiary/aromatic N) is 3. The van der Waals surface area contributed by atoms with Crippen molar-refractivity contribution in [2.24, 2.45) is 5.92 Å². The zero-order valence-electron chi connectivity index (χ0n) is 11.4. The van der Waals surface area contributed by atoms with Gasteiger partial charge in [-0.25, -0.2) is 9.97 Å². The summed E-state index contributed by atoms with van der Waals surface area (Å²) in [6.45, 7) is 10.6. The smallest absolute Gasteiger partial charge is 0.134 e. The lowest BCUT2D eigenvalue weighted by Crippen LogP contribution is -2.28. The van der Waals surface area contributed by atoms with Gasteiger partial charge in [0.05, 0.1) is 0 Å². The van der Waals surface area contributed by atoms with E-state index in [4.69, 9.17) is 5.73 Å². The molecule has 0 aliphatic carbocycles. The van der Waals surface area contributed by atoms with Crippen molar-refractivity contribution in [3.8, 4) is 0 Å². The Kier molecular flexibility index (Phi) is 5.19. The second-order valence-electron chi connectivity index (χ2n) is 4.75. The van der Waals surface area contributed by atoms with Gasteiger partial charge in [-0.1, -0.05) is 20.8 Å². The summed E-state index contributed by atoms with van der Waals surface area (Å²) in [4.78, 5) is 11.1. The molecule has 0 radical (unpaired) electrons. The van der Waals surface area contributed by atoms with E-state index >= 15 is 0 Å². The highest BCUT2D eigenvalue weighted by Gasteiger charge is 2.10. The molecule has 0 bridgehead atoms. The summed E-state index contributed by atoms with van der Waals surface area (Å²) in [5.41, 5.74) is 5.84. The van der Waals surface area contributed by atoms with Crippen LogP contribution in [0.3, 0.4) is 0 Å². The van der Waals surface area contributed by atoms with Crippen molar-refractivity contribution in [1.29, 1.82) is 0 Å². The third-order valence-corrected chi connectivity index (χ3v) is 2.54. The zero-order chi connectivity index (χ0) is 12.8.